The zero-order valence-electron chi connectivity index (χ0n) is 10.7. The molecule has 1 aromatic heterocycles. The van der Waals surface area contributed by atoms with Crippen LogP contribution in [0.5, 0.6) is 0 Å². The average molecular weight is 270 g/mol. The van der Waals surface area contributed by atoms with Gasteiger partial charge in [0.2, 0.25) is 0 Å². The molecular formula is C14H17F3N2. The van der Waals surface area contributed by atoms with Crippen molar-refractivity contribution in [2.75, 3.05) is 13.1 Å². The van der Waals surface area contributed by atoms with E-state index in [-0.39, 0.29) is 5.69 Å². The molecule has 1 saturated heterocycles. The van der Waals surface area contributed by atoms with Crippen LogP contribution in [0.2, 0.25) is 0 Å². The number of aromatic nitrogens is 1. The van der Waals surface area contributed by atoms with Crippen molar-refractivity contribution in [3.05, 3.63) is 35.7 Å². The summed E-state index contributed by atoms with van der Waals surface area (Å²) in [5, 5.41) is 0. The second kappa shape index (κ2) is 5.74. The number of rotatable bonds is 3. The Kier molecular flexibility index (Phi) is 4.24. The summed E-state index contributed by atoms with van der Waals surface area (Å²) in [6, 6.07) is 1.19. The molecule has 19 heavy (non-hydrogen) atoms. The van der Waals surface area contributed by atoms with E-state index in [1.807, 2.05) is 0 Å². The fourth-order valence-corrected chi connectivity index (χ4v) is 2.37. The Bertz CT molecular complexity index is 448. The quantitative estimate of drug-likeness (QED) is 0.832. The summed E-state index contributed by atoms with van der Waals surface area (Å²) in [5.74, 6) is 0. The summed E-state index contributed by atoms with van der Waals surface area (Å²) in [6.45, 7) is 5.81. The fourth-order valence-electron chi connectivity index (χ4n) is 2.37. The van der Waals surface area contributed by atoms with Crippen LogP contribution in [0.3, 0.4) is 0 Å². The van der Waals surface area contributed by atoms with Gasteiger partial charge in [0.1, 0.15) is 0 Å². The summed E-state index contributed by atoms with van der Waals surface area (Å²) in [6.07, 6.45) is 1.72. The van der Waals surface area contributed by atoms with Crippen molar-refractivity contribution < 1.29 is 13.2 Å². The van der Waals surface area contributed by atoms with E-state index in [0.29, 0.717) is 12.1 Å². The van der Waals surface area contributed by atoms with E-state index >= 15 is 0 Å². The van der Waals surface area contributed by atoms with Gasteiger partial charge in [-0.25, -0.2) is 0 Å². The second-order valence-electron chi connectivity index (χ2n) is 4.82. The second-order valence-corrected chi connectivity index (χ2v) is 4.82. The smallest absolute Gasteiger partial charge is 0.299 e. The van der Waals surface area contributed by atoms with E-state index in [4.69, 9.17) is 0 Å². The third kappa shape index (κ3) is 3.56. The maximum atomic E-state index is 12.9. The molecule has 0 aliphatic carbocycles. The van der Waals surface area contributed by atoms with E-state index < -0.39 is 11.7 Å². The van der Waals surface area contributed by atoms with Crippen LogP contribution in [0.15, 0.2) is 18.8 Å². The predicted octanol–water partition coefficient (Wildman–Crippen LogP) is 3.73. The maximum Gasteiger partial charge on any atom is 0.418 e. The minimum atomic E-state index is -4.38. The standard InChI is InChI=1S/C14H17F3N2/c1-2-13-12(14(15,16)17)8-11(9-18-13)10-19-6-4-3-5-7-19/h2,8-9H,1,3-7,10H2. The predicted molar refractivity (Wildman–Crippen MR) is 68.5 cm³/mol. The number of piperidine rings is 1. The highest BCUT2D eigenvalue weighted by atomic mass is 19.4. The molecule has 2 heterocycles. The van der Waals surface area contributed by atoms with Crippen molar-refractivity contribution in [3.63, 3.8) is 0 Å². The maximum absolute atomic E-state index is 12.9. The lowest BCUT2D eigenvalue weighted by Crippen LogP contribution is -2.29. The highest BCUT2D eigenvalue weighted by Gasteiger charge is 2.33. The number of hydrogen-bond donors (Lipinski definition) is 0. The van der Waals surface area contributed by atoms with Crippen molar-refractivity contribution in [3.8, 4) is 0 Å². The molecule has 0 N–H and O–H groups in total. The minimum absolute atomic E-state index is 0.102. The monoisotopic (exact) mass is 270 g/mol. The molecule has 0 aromatic carbocycles. The van der Waals surface area contributed by atoms with Crippen LogP contribution in [0, 0.1) is 0 Å². The van der Waals surface area contributed by atoms with E-state index in [1.54, 1.807) is 0 Å². The van der Waals surface area contributed by atoms with Gasteiger partial charge in [-0.05, 0) is 43.6 Å². The Hall–Kier alpha value is -1.36. The molecule has 0 radical (unpaired) electrons. The molecule has 0 saturated carbocycles. The minimum Gasteiger partial charge on any atom is -0.299 e. The molecule has 0 bridgehead atoms. The first-order valence-corrected chi connectivity index (χ1v) is 6.41. The Labute approximate surface area is 110 Å². The molecular weight excluding hydrogens is 253 g/mol. The van der Waals surface area contributed by atoms with Crippen molar-refractivity contribution in [2.45, 2.75) is 32.0 Å². The van der Waals surface area contributed by atoms with Crippen LogP contribution in [0.4, 0.5) is 13.2 Å². The summed E-state index contributed by atoms with van der Waals surface area (Å²) in [5.41, 5.74) is -0.188. The van der Waals surface area contributed by atoms with Crippen molar-refractivity contribution in [1.29, 1.82) is 0 Å². The third-order valence-electron chi connectivity index (χ3n) is 3.33. The third-order valence-corrected chi connectivity index (χ3v) is 3.33. The summed E-state index contributed by atoms with van der Waals surface area (Å²) in [4.78, 5) is 6.04. The Morgan fingerprint density at radius 2 is 1.95 bits per heavy atom. The largest absolute Gasteiger partial charge is 0.418 e. The van der Waals surface area contributed by atoms with Gasteiger partial charge in [0.05, 0.1) is 11.3 Å². The van der Waals surface area contributed by atoms with Gasteiger partial charge >= 0.3 is 6.18 Å². The molecule has 0 unspecified atom stereocenters. The average Bonchev–Trinajstić information content (AvgIpc) is 2.39. The van der Waals surface area contributed by atoms with Gasteiger partial charge < -0.3 is 0 Å². The lowest BCUT2D eigenvalue weighted by molar-refractivity contribution is -0.138. The van der Waals surface area contributed by atoms with Crippen LogP contribution in [-0.4, -0.2) is 23.0 Å². The lowest BCUT2D eigenvalue weighted by atomic mass is 10.1. The van der Waals surface area contributed by atoms with Gasteiger partial charge in [0.25, 0.3) is 0 Å². The molecule has 5 heteroatoms. The first-order valence-electron chi connectivity index (χ1n) is 6.41. The van der Waals surface area contributed by atoms with E-state index in [0.717, 1.165) is 32.0 Å². The van der Waals surface area contributed by atoms with Gasteiger partial charge in [-0.2, -0.15) is 13.2 Å². The molecule has 1 aliphatic rings. The van der Waals surface area contributed by atoms with Gasteiger partial charge in [0.15, 0.2) is 0 Å². The first kappa shape index (κ1) is 14.1. The molecule has 1 aliphatic heterocycles. The van der Waals surface area contributed by atoms with Gasteiger partial charge in [-0.1, -0.05) is 13.0 Å². The zero-order chi connectivity index (χ0) is 13.9. The Balaban J connectivity index is 2.20. The molecule has 0 amide bonds. The first-order chi connectivity index (χ1) is 9.00. The van der Waals surface area contributed by atoms with Gasteiger partial charge in [-0.3, -0.25) is 9.88 Å². The normalized spacial score (nSPS) is 17.4. The fraction of sp³-hybridized carbons (Fsp3) is 0.500. The molecule has 1 aromatic rings. The lowest BCUT2D eigenvalue weighted by Gasteiger charge is -2.26. The topological polar surface area (TPSA) is 16.1 Å². The van der Waals surface area contributed by atoms with Crippen LogP contribution >= 0.6 is 0 Å². The van der Waals surface area contributed by atoms with Crippen LogP contribution < -0.4 is 0 Å². The molecule has 2 rings (SSSR count). The molecule has 0 spiro atoms. The van der Waals surface area contributed by atoms with Crippen molar-refractivity contribution in [2.24, 2.45) is 0 Å². The molecule has 0 atom stereocenters. The number of halogens is 3. The van der Waals surface area contributed by atoms with E-state index in [9.17, 15) is 13.2 Å². The highest BCUT2D eigenvalue weighted by molar-refractivity contribution is 5.48. The highest BCUT2D eigenvalue weighted by Crippen LogP contribution is 2.32. The van der Waals surface area contributed by atoms with Gasteiger partial charge in [0, 0.05) is 12.7 Å². The zero-order valence-corrected chi connectivity index (χ0v) is 10.7. The van der Waals surface area contributed by atoms with Crippen LogP contribution in [0.25, 0.3) is 6.08 Å². The van der Waals surface area contributed by atoms with Crippen molar-refractivity contribution >= 4 is 6.08 Å². The van der Waals surface area contributed by atoms with Crippen LogP contribution in [-0.2, 0) is 12.7 Å². The number of pyridine rings is 1. The SMILES string of the molecule is C=Cc1ncc(CN2CCCCC2)cc1C(F)(F)F. The van der Waals surface area contributed by atoms with E-state index in [1.165, 1.54) is 18.7 Å². The van der Waals surface area contributed by atoms with Crippen molar-refractivity contribution in [1.82, 2.24) is 9.88 Å². The molecule has 104 valence electrons. The summed E-state index contributed by atoms with van der Waals surface area (Å²) >= 11 is 0. The van der Waals surface area contributed by atoms with Crippen LogP contribution in [0.1, 0.15) is 36.1 Å². The molecule has 2 nitrogen and oxygen atoms in total. The number of likely N-dealkylation sites (tertiary alicyclic amines) is 1. The summed E-state index contributed by atoms with van der Waals surface area (Å²) < 4.78 is 38.7. The summed E-state index contributed by atoms with van der Waals surface area (Å²) in [7, 11) is 0. The Morgan fingerprint density at radius 3 is 2.53 bits per heavy atom. The van der Waals surface area contributed by atoms with E-state index in [2.05, 4.69) is 16.5 Å². The molecule has 1 fully saturated rings. The van der Waals surface area contributed by atoms with Gasteiger partial charge in [-0.15, -0.1) is 0 Å². The number of hydrogen-bond acceptors (Lipinski definition) is 2. The number of alkyl halides is 3. The Morgan fingerprint density at radius 1 is 1.26 bits per heavy atom. The number of nitrogens with zero attached hydrogens (tertiary/aromatic N) is 2.